The number of carbonyl (C=O) groups excluding carboxylic acids is 1. The van der Waals surface area contributed by atoms with Gasteiger partial charge in [-0.1, -0.05) is 23.5 Å². The molecule has 0 fully saturated rings. The Labute approximate surface area is 153 Å². The van der Waals surface area contributed by atoms with E-state index >= 15 is 0 Å². The summed E-state index contributed by atoms with van der Waals surface area (Å²) in [6.45, 7) is 0.739. The number of ether oxygens (including phenoxy) is 2. The molecule has 0 spiro atoms. The smallest absolute Gasteiger partial charge is 0.239 e. The Morgan fingerprint density at radius 1 is 1.31 bits per heavy atom. The second-order valence-electron chi connectivity index (χ2n) is 5.90. The molecule has 1 aliphatic heterocycles. The molecule has 0 atom stereocenters. The van der Waals surface area contributed by atoms with Crippen molar-refractivity contribution in [3.05, 3.63) is 47.8 Å². The minimum atomic E-state index is -0.356. The van der Waals surface area contributed by atoms with E-state index in [1.807, 2.05) is 24.3 Å². The minimum absolute atomic E-state index is 0.131. The summed E-state index contributed by atoms with van der Waals surface area (Å²) in [4.78, 5) is 18.2. The zero-order valence-electron chi connectivity index (χ0n) is 14.0. The summed E-state index contributed by atoms with van der Waals surface area (Å²) >= 11 is 1.35. The maximum absolute atomic E-state index is 13.8. The Hall–Kier alpha value is -2.87. The van der Waals surface area contributed by atoms with Gasteiger partial charge in [0.15, 0.2) is 16.6 Å². The summed E-state index contributed by atoms with van der Waals surface area (Å²) in [6, 6.07) is 10.4. The normalized spacial score (nSPS) is 12.4. The molecule has 4 rings (SSSR count). The average molecular weight is 373 g/mol. The highest BCUT2D eigenvalue weighted by Crippen LogP contribution is 2.32. The largest absolute Gasteiger partial charge is 0.454 e. The Bertz CT molecular complexity index is 975. The van der Waals surface area contributed by atoms with Gasteiger partial charge in [0.2, 0.25) is 12.7 Å². The fraction of sp³-hybridized carbons (Fsp3) is 0.222. The van der Waals surface area contributed by atoms with Crippen LogP contribution in [0.5, 0.6) is 11.5 Å². The molecule has 0 aliphatic carbocycles. The molecule has 3 aromatic rings. The number of nitrogens with zero attached hydrogens (tertiary/aromatic N) is 2. The lowest BCUT2D eigenvalue weighted by Gasteiger charge is -2.15. The molecular formula is C18H16FN3O3S. The summed E-state index contributed by atoms with van der Waals surface area (Å²) < 4.78 is 25.1. The maximum Gasteiger partial charge on any atom is 0.239 e. The lowest BCUT2D eigenvalue weighted by molar-refractivity contribution is -0.119. The number of carbonyl (C=O) groups is 1. The number of nitrogens with one attached hydrogen (secondary N) is 1. The number of para-hydroxylation sites is 1. The fourth-order valence-corrected chi connectivity index (χ4v) is 3.60. The van der Waals surface area contributed by atoms with Crippen molar-refractivity contribution in [1.82, 2.24) is 10.3 Å². The van der Waals surface area contributed by atoms with E-state index in [2.05, 4.69) is 10.3 Å². The van der Waals surface area contributed by atoms with Crippen molar-refractivity contribution in [1.29, 1.82) is 0 Å². The zero-order valence-corrected chi connectivity index (χ0v) is 14.8. The molecule has 1 aliphatic rings. The molecule has 26 heavy (non-hydrogen) atoms. The number of fused-ring (bicyclic) bond motifs is 2. The van der Waals surface area contributed by atoms with Gasteiger partial charge in [-0.2, -0.15) is 0 Å². The van der Waals surface area contributed by atoms with E-state index in [0.717, 1.165) is 10.3 Å². The number of hydrogen-bond donors (Lipinski definition) is 1. The molecule has 0 unspecified atom stereocenters. The Kier molecular flexibility index (Phi) is 4.34. The summed E-state index contributed by atoms with van der Waals surface area (Å²) in [5, 5.41) is 3.46. The molecule has 1 aromatic heterocycles. The molecule has 0 bridgehead atoms. The first-order valence-corrected chi connectivity index (χ1v) is 8.83. The van der Waals surface area contributed by atoms with Crippen LogP contribution in [0.4, 0.5) is 9.52 Å². The number of hydrogen-bond acceptors (Lipinski definition) is 6. The van der Waals surface area contributed by atoms with Crippen LogP contribution in [0.1, 0.15) is 5.56 Å². The molecule has 8 heteroatoms. The summed E-state index contributed by atoms with van der Waals surface area (Å²) in [5.41, 5.74) is 1.26. The minimum Gasteiger partial charge on any atom is -0.454 e. The number of amides is 1. The van der Waals surface area contributed by atoms with Crippen LogP contribution in [0.3, 0.4) is 0 Å². The van der Waals surface area contributed by atoms with E-state index in [1.54, 1.807) is 18.0 Å². The van der Waals surface area contributed by atoms with Crippen LogP contribution in [0, 0.1) is 5.82 Å². The Balaban J connectivity index is 1.37. The van der Waals surface area contributed by atoms with Gasteiger partial charge in [-0.25, -0.2) is 9.37 Å². The number of thiazole rings is 1. The van der Waals surface area contributed by atoms with E-state index in [-0.39, 0.29) is 25.1 Å². The van der Waals surface area contributed by atoms with Crippen LogP contribution >= 0.6 is 11.3 Å². The van der Waals surface area contributed by atoms with Gasteiger partial charge < -0.3 is 19.7 Å². The van der Waals surface area contributed by atoms with Gasteiger partial charge in [-0.05, 0) is 29.8 Å². The van der Waals surface area contributed by atoms with E-state index in [9.17, 15) is 9.18 Å². The number of halogens is 1. The molecule has 2 heterocycles. The van der Waals surface area contributed by atoms with E-state index in [4.69, 9.17) is 9.47 Å². The molecule has 0 radical (unpaired) electrons. The van der Waals surface area contributed by atoms with Crippen LogP contribution in [0.2, 0.25) is 0 Å². The number of likely N-dealkylation sites (N-methyl/N-ethyl adjacent to an activating group) is 1. The lowest BCUT2D eigenvalue weighted by Crippen LogP contribution is -2.34. The zero-order chi connectivity index (χ0) is 18.1. The molecule has 134 valence electrons. The van der Waals surface area contributed by atoms with Crippen molar-refractivity contribution in [2.75, 3.05) is 25.3 Å². The third kappa shape index (κ3) is 3.28. The summed E-state index contributed by atoms with van der Waals surface area (Å²) in [7, 11) is 1.76. The van der Waals surface area contributed by atoms with E-state index in [1.165, 1.54) is 17.4 Å². The number of anilines is 1. The Morgan fingerprint density at radius 3 is 3.00 bits per heavy atom. The van der Waals surface area contributed by atoms with Gasteiger partial charge in [-0.15, -0.1) is 0 Å². The third-order valence-electron chi connectivity index (χ3n) is 3.99. The van der Waals surface area contributed by atoms with E-state index < -0.39 is 0 Å². The highest BCUT2D eigenvalue weighted by Gasteiger charge is 2.15. The van der Waals surface area contributed by atoms with Gasteiger partial charge in [0.05, 0.1) is 11.2 Å². The van der Waals surface area contributed by atoms with Crippen molar-refractivity contribution in [2.45, 2.75) is 6.54 Å². The number of rotatable bonds is 5. The molecule has 2 aromatic carbocycles. The summed E-state index contributed by atoms with van der Waals surface area (Å²) in [5.74, 6) is 0.892. The van der Waals surface area contributed by atoms with Crippen LogP contribution < -0.4 is 19.7 Å². The molecular weight excluding hydrogens is 357 g/mol. The van der Waals surface area contributed by atoms with Gasteiger partial charge in [0, 0.05) is 13.6 Å². The van der Waals surface area contributed by atoms with Crippen LogP contribution in [0.25, 0.3) is 10.2 Å². The molecule has 0 saturated heterocycles. The topological polar surface area (TPSA) is 63.7 Å². The highest BCUT2D eigenvalue weighted by atomic mass is 32.1. The predicted molar refractivity (Wildman–Crippen MR) is 97.3 cm³/mol. The van der Waals surface area contributed by atoms with Gasteiger partial charge in [0.1, 0.15) is 11.3 Å². The van der Waals surface area contributed by atoms with Crippen molar-refractivity contribution in [3.63, 3.8) is 0 Å². The van der Waals surface area contributed by atoms with Crippen molar-refractivity contribution < 1.29 is 18.7 Å². The predicted octanol–water partition coefficient (Wildman–Crippen LogP) is 2.92. The van der Waals surface area contributed by atoms with Crippen molar-refractivity contribution in [3.8, 4) is 11.5 Å². The maximum atomic E-state index is 13.8. The van der Waals surface area contributed by atoms with Crippen molar-refractivity contribution >= 4 is 32.6 Å². The summed E-state index contributed by atoms with van der Waals surface area (Å²) in [6.07, 6.45) is 0. The first kappa shape index (κ1) is 16.6. The SMILES string of the molecule is CN(CC(=O)NCc1ccc2c(c1)OCO2)c1nc2c(F)cccc2s1. The van der Waals surface area contributed by atoms with Gasteiger partial charge in [0.25, 0.3) is 0 Å². The quantitative estimate of drug-likeness (QED) is 0.745. The second kappa shape index (κ2) is 6.80. The number of aromatic nitrogens is 1. The van der Waals surface area contributed by atoms with E-state index in [0.29, 0.717) is 28.7 Å². The van der Waals surface area contributed by atoms with Gasteiger partial charge >= 0.3 is 0 Å². The number of benzene rings is 2. The molecule has 6 nitrogen and oxygen atoms in total. The Morgan fingerprint density at radius 2 is 2.15 bits per heavy atom. The highest BCUT2D eigenvalue weighted by molar-refractivity contribution is 7.22. The first-order chi connectivity index (χ1) is 12.6. The molecule has 1 N–H and O–H groups in total. The lowest BCUT2D eigenvalue weighted by atomic mass is 10.2. The monoisotopic (exact) mass is 373 g/mol. The van der Waals surface area contributed by atoms with Crippen LogP contribution in [0.15, 0.2) is 36.4 Å². The molecule has 0 saturated carbocycles. The second-order valence-corrected chi connectivity index (χ2v) is 6.91. The average Bonchev–Trinajstić information content (AvgIpc) is 3.27. The van der Waals surface area contributed by atoms with Crippen molar-refractivity contribution in [2.24, 2.45) is 0 Å². The fourth-order valence-electron chi connectivity index (χ4n) is 2.66. The van der Waals surface area contributed by atoms with Crippen LogP contribution in [-0.4, -0.2) is 31.3 Å². The first-order valence-electron chi connectivity index (χ1n) is 8.01. The third-order valence-corrected chi connectivity index (χ3v) is 5.13. The van der Waals surface area contributed by atoms with Gasteiger partial charge in [-0.3, -0.25) is 4.79 Å². The molecule has 1 amide bonds. The standard InChI is InChI=1S/C18H16FN3O3S/c1-22(18-21-17-12(19)3-2-4-15(17)26-18)9-16(23)20-8-11-5-6-13-14(7-11)25-10-24-13/h2-7H,8-10H2,1H3,(H,20,23). The van der Waals surface area contributed by atoms with Crippen LogP contribution in [-0.2, 0) is 11.3 Å².